The molecule has 1 N–H and O–H groups in total. The number of furan rings is 1. The van der Waals surface area contributed by atoms with Gasteiger partial charge in [-0.1, -0.05) is 12.8 Å². The Hall–Kier alpha value is -0.800. The molecule has 1 atom stereocenters. The average Bonchev–Trinajstić information content (AvgIpc) is 2.96. The molecule has 1 saturated carbocycles. The minimum Gasteiger partial charge on any atom is -0.468 e. The van der Waals surface area contributed by atoms with E-state index in [1.165, 1.54) is 25.7 Å². The molecule has 1 aliphatic carbocycles. The summed E-state index contributed by atoms with van der Waals surface area (Å²) in [5, 5.41) is 3.55. The van der Waals surface area contributed by atoms with Crippen LogP contribution in [0, 0.1) is 5.92 Å². The monoisotopic (exact) mass is 223 g/mol. The Morgan fingerprint density at radius 1 is 1.50 bits per heavy atom. The molecule has 1 aliphatic rings. The lowest BCUT2D eigenvalue weighted by atomic mass is 10.1. The first-order chi connectivity index (χ1) is 7.90. The molecule has 1 fully saturated rings. The van der Waals surface area contributed by atoms with E-state index in [1.54, 1.807) is 13.4 Å². The van der Waals surface area contributed by atoms with Crippen LogP contribution in [0.3, 0.4) is 0 Å². The molecule has 2 rings (SSSR count). The summed E-state index contributed by atoms with van der Waals surface area (Å²) in [5.41, 5.74) is 0. The van der Waals surface area contributed by atoms with Crippen LogP contribution in [0.1, 0.15) is 37.5 Å². The largest absolute Gasteiger partial charge is 0.468 e. The number of hydrogen-bond donors (Lipinski definition) is 1. The van der Waals surface area contributed by atoms with Crippen LogP contribution in [-0.2, 0) is 4.74 Å². The highest BCUT2D eigenvalue weighted by molar-refractivity contribution is 5.04. The maximum atomic E-state index is 5.42. The van der Waals surface area contributed by atoms with Crippen LogP contribution in [0.15, 0.2) is 22.8 Å². The highest BCUT2D eigenvalue weighted by Gasteiger charge is 2.18. The van der Waals surface area contributed by atoms with E-state index >= 15 is 0 Å². The highest BCUT2D eigenvalue weighted by Crippen LogP contribution is 2.25. The summed E-state index contributed by atoms with van der Waals surface area (Å²) in [7, 11) is 1.73. The zero-order valence-electron chi connectivity index (χ0n) is 9.95. The fraction of sp³-hybridized carbons (Fsp3) is 0.692. The summed E-state index contributed by atoms with van der Waals surface area (Å²) in [6, 6.07) is 4.13. The van der Waals surface area contributed by atoms with Crippen LogP contribution < -0.4 is 5.32 Å². The van der Waals surface area contributed by atoms with Crippen molar-refractivity contribution in [3.63, 3.8) is 0 Å². The van der Waals surface area contributed by atoms with E-state index in [1.807, 2.05) is 12.1 Å². The van der Waals surface area contributed by atoms with E-state index in [0.717, 1.165) is 18.2 Å². The molecule has 0 aliphatic heterocycles. The quantitative estimate of drug-likeness (QED) is 0.805. The Kier molecular flexibility index (Phi) is 4.43. The van der Waals surface area contributed by atoms with Gasteiger partial charge in [-0.2, -0.15) is 0 Å². The summed E-state index contributed by atoms with van der Waals surface area (Å²) in [6.07, 6.45) is 7.23. The smallest absolute Gasteiger partial charge is 0.123 e. The van der Waals surface area contributed by atoms with Gasteiger partial charge in [-0.3, -0.25) is 0 Å². The van der Waals surface area contributed by atoms with Crippen LogP contribution in [0.2, 0.25) is 0 Å². The van der Waals surface area contributed by atoms with Crippen LogP contribution in [-0.4, -0.2) is 20.3 Å². The Balaban J connectivity index is 1.82. The van der Waals surface area contributed by atoms with Gasteiger partial charge in [0.2, 0.25) is 0 Å². The second-order valence-corrected chi connectivity index (χ2v) is 4.58. The first-order valence-electron chi connectivity index (χ1n) is 6.16. The minimum atomic E-state index is 0.195. The van der Waals surface area contributed by atoms with Crippen LogP contribution in [0.25, 0.3) is 0 Å². The molecule has 16 heavy (non-hydrogen) atoms. The lowest BCUT2D eigenvalue weighted by Crippen LogP contribution is -2.29. The summed E-state index contributed by atoms with van der Waals surface area (Å²) in [6.45, 7) is 1.74. The normalized spacial score (nSPS) is 19.1. The summed E-state index contributed by atoms with van der Waals surface area (Å²) in [4.78, 5) is 0. The van der Waals surface area contributed by atoms with Gasteiger partial charge < -0.3 is 14.5 Å². The second-order valence-electron chi connectivity index (χ2n) is 4.58. The Morgan fingerprint density at radius 3 is 2.94 bits per heavy atom. The van der Waals surface area contributed by atoms with E-state index in [4.69, 9.17) is 9.15 Å². The third kappa shape index (κ3) is 3.09. The van der Waals surface area contributed by atoms with Crippen LogP contribution in [0.5, 0.6) is 0 Å². The summed E-state index contributed by atoms with van der Waals surface area (Å²) in [5.74, 6) is 1.81. The average molecular weight is 223 g/mol. The van der Waals surface area contributed by atoms with Gasteiger partial charge in [0.05, 0.1) is 18.9 Å². The maximum absolute atomic E-state index is 5.42. The molecule has 0 saturated heterocycles. The fourth-order valence-corrected chi connectivity index (χ4v) is 2.42. The minimum absolute atomic E-state index is 0.195. The Bertz CT molecular complexity index is 278. The van der Waals surface area contributed by atoms with Gasteiger partial charge in [-0.15, -0.1) is 0 Å². The van der Waals surface area contributed by atoms with E-state index in [-0.39, 0.29) is 6.04 Å². The van der Waals surface area contributed by atoms with Gasteiger partial charge in [0.15, 0.2) is 0 Å². The van der Waals surface area contributed by atoms with Crippen molar-refractivity contribution < 1.29 is 9.15 Å². The van der Waals surface area contributed by atoms with Crippen molar-refractivity contribution in [2.45, 2.75) is 31.7 Å². The molecule has 90 valence electrons. The van der Waals surface area contributed by atoms with Crippen molar-refractivity contribution in [1.29, 1.82) is 0 Å². The molecule has 0 radical (unpaired) electrons. The van der Waals surface area contributed by atoms with Gasteiger partial charge in [-0.05, 0) is 37.4 Å². The first-order valence-corrected chi connectivity index (χ1v) is 6.16. The highest BCUT2D eigenvalue weighted by atomic mass is 16.5. The molecule has 0 aromatic carbocycles. The summed E-state index contributed by atoms with van der Waals surface area (Å²) >= 11 is 0. The van der Waals surface area contributed by atoms with E-state index in [0.29, 0.717) is 6.61 Å². The molecule has 1 aromatic rings. The predicted octanol–water partition coefficient (Wildman–Crippen LogP) is 2.75. The number of ether oxygens (including phenoxy) is 1. The molecule has 0 spiro atoms. The third-order valence-corrected chi connectivity index (χ3v) is 3.35. The lowest BCUT2D eigenvalue weighted by Gasteiger charge is -2.18. The van der Waals surface area contributed by atoms with Gasteiger partial charge >= 0.3 is 0 Å². The molecule has 3 heteroatoms. The van der Waals surface area contributed by atoms with E-state index < -0.39 is 0 Å². The fourth-order valence-electron chi connectivity index (χ4n) is 2.42. The zero-order valence-corrected chi connectivity index (χ0v) is 9.95. The topological polar surface area (TPSA) is 34.4 Å². The number of hydrogen-bond acceptors (Lipinski definition) is 3. The molecule has 1 heterocycles. The molecule has 1 unspecified atom stereocenters. The Labute approximate surface area is 97.2 Å². The number of methoxy groups -OCH3 is 1. The third-order valence-electron chi connectivity index (χ3n) is 3.35. The molecule has 0 amide bonds. The van der Waals surface area contributed by atoms with Crippen molar-refractivity contribution in [1.82, 2.24) is 5.32 Å². The molecular weight excluding hydrogens is 202 g/mol. The van der Waals surface area contributed by atoms with E-state index in [2.05, 4.69) is 5.32 Å². The molecule has 1 aromatic heterocycles. The molecule has 3 nitrogen and oxygen atoms in total. The molecular formula is C13H21NO2. The van der Waals surface area contributed by atoms with Gasteiger partial charge in [0.25, 0.3) is 0 Å². The van der Waals surface area contributed by atoms with E-state index in [9.17, 15) is 0 Å². The number of nitrogens with one attached hydrogen (secondary N) is 1. The number of rotatable bonds is 6. The predicted molar refractivity (Wildman–Crippen MR) is 63.3 cm³/mol. The van der Waals surface area contributed by atoms with Crippen molar-refractivity contribution >= 4 is 0 Å². The van der Waals surface area contributed by atoms with Gasteiger partial charge in [0, 0.05) is 7.11 Å². The van der Waals surface area contributed by atoms with Gasteiger partial charge in [-0.25, -0.2) is 0 Å². The Morgan fingerprint density at radius 2 is 2.31 bits per heavy atom. The SMILES string of the molecule is COCC(NCC1CCCC1)c1ccco1. The standard InChI is InChI=1S/C13H21NO2/c1-15-10-12(13-7-4-8-16-13)14-9-11-5-2-3-6-11/h4,7-8,11-12,14H,2-3,5-6,9-10H2,1H3. The zero-order chi connectivity index (χ0) is 11.2. The van der Waals surface area contributed by atoms with Crippen molar-refractivity contribution in [3.05, 3.63) is 24.2 Å². The van der Waals surface area contributed by atoms with Crippen LogP contribution in [0.4, 0.5) is 0 Å². The lowest BCUT2D eigenvalue weighted by molar-refractivity contribution is 0.154. The van der Waals surface area contributed by atoms with Crippen LogP contribution >= 0.6 is 0 Å². The van der Waals surface area contributed by atoms with Gasteiger partial charge in [0.1, 0.15) is 5.76 Å². The van der Waals surface area contributed by atoms with Crippen molar-refractivity contribution in [2.75, 3.05) is 20.3 Å². The second kappa shape index (κ2) is 6.06. The maximum Gasteiger partial charge on any atom is 0.123 e. The first kappa shape index (κ1) is 11.7. The van der Waals surface area contributed by atoms with Crippen molar-refractivity contribution in [3.8, 4) is 0 Å². The summed E-state index contributed by atoms with van der Waals surface area (Å²) < 4.78 is 10.6. The molecule has 0 bridgehead atoms. The van der Waals surface area contributed by atoms with Crippen molar-refractivity contribution in [2.24, 2.45) is 5.92 Å².